The fraction of sp³-hybridized carbons (Fsp3) is 0.231. The number of benzene rings is 1. The molecule has 2 rings (SSSR count). The number of aliphatic carboxylic acids is 1. The third-order valence-corrected chi connectivity index (χ3v) is 2.64. The van der Waals surface area contributed by atoms with Gasteiger partial charge >= 0.3 is 5.97 Å². The van der Waals surface area contributed by atoms with Crippen LogP contribution in [0.15, 0.2) is 30.5 Å². The van der Waals surface area contributed by atoms with Crippen LogP contribution in [0.3, 0.4) is 0 Å². The van der Waals surface area contributed by atoms with Gasteiger partial charge in [0.1, 0.15) is 11.6 Å². The van der Waals surface area contributed by atoms with Crippen molar-refractivity contribution in [2.75, 3.05) is 0 Å². The second kappa shape index (κ2) is 5.00. The van der Waals surface area contributed by atoms with Gasteiger partial charge < -0.3 is 9.67 Å². The first-order valence-corrected chi connectivity index (χ1v) is 5.57. The molecule has 0 spiro atoms. The smallest absolute Gasteiger partial charge is 0.303 e. The lowest BCUT2D eigenvalue weighted by atomic mass is 10.2. The minimum Gasteiger partial charge on any atom is -0.481 e. The van der Waals surface area contributed by atoms with Crippen molar-refractivity contribution in [3.63, 3.8) is 0 Å². The Morgan fingerprint density at radius 2 is 2.17 bits per heavy atom. The molecule has 0 unspecified atom stereocenters. The van der Waals surface area contributed by atoms with E-state index in [9.17, 15) is 9.18 Å². The van der Waals surface area contributed by atoms with Gasteiger partial charge in [0.2, 0.25) is 0 Å². The van der Waals surface area contributed by atoms with E-state index in [0.29, 0.717) is 23.5 Å². The molecule has 0 saturated heterocycles. The van der Waals surface area contributed by atoms with E-state index in [1.807, 2.05) is 0 Å². The summed E-state index contributed by atoms with van der Waals surface area (Å²) in [6, 6.07) is 6.39. The van der Waals surface area contributed by atoms with Gasteiger partial charge in [-0.3, -0.25) is 4.79 Å². The summed E-state index contributed by atoms with van der Waals surface area (Å²) in [5.74, 6) is -0.697. The van der Waals surface area contributed by atoms with Crippen LogP contribution in [0.25, 0.3) is 11.4 Å². The number of nitrogens with zero attached hydrogens (tertiary/aromatic N) is 2. The molecule has 0 radical (unpaired) electrons. The minimum absolute atomic E-state index is 0.0216. The largest absolute Gasteiger partial charge is 0.481 e. The fourth-order valence-corrected chi connectivity index (χ4v) is 1.78. The molecular formula is C13H13FN2O2. The summed E-state index contributed by atoms with van der Waals surface area (Å²) < 4.78 is 15.3. The van der Waals surface area contributed by atoms with Gasteiger partial charge in [-0.05, 0) is 12.1 Å². The maximum Gasteiger partial charge on any atom is 0.303 e. The lowest BCUT2D eigenvalue weighted by molar-refractivity contribution is -0.136. The molecule has 5 heteroatoms. The molecule has 4 nitrogen and oxygen atoms in total. The molecule has 0 aliphatic heterocycles. The zero-order valence-corrected chi connectivity index (χ0v) is 9.93. The van der Waals surface area contributed by atoms with E-state index in [1.165, 1.54) is 6.07 Å². The number of rotatable bonds is 4. The van der Waals surface area contributed by atoms with Crippen molar-refractivity contribution in [3.05, 3.63) is 42.0 Å². The Morgan fingerprint density at radius 3 is 2.83 bits per heavy atom. The van der Waals surface area contributed by atoms with Crippen LogP contribution in [-0.4, -0.2) is 20.6 Å². The van der Waals surface area contributed by atoms with E-state index in [0.717, 1.165) is 0 Å². The SMILES string of the molecule is Cn1cc(CCC(=O)O)nc1-c1ccccc1F. The van der Waals surface area contributed by atoms with Gasteiger partial charge in [-0.1, -0.05) is 12.1 Å². The van der Waals surface area contributed by atoms with Crippen molar-refractivity contribution in [3.8, 4) is 11.4 Å². The monoisotopic (exact) mass is 248 g/mol. The van der Waals surface area contributed by atoms with Crippen molar-refractivity contribution in [2.45, 2.75) is 12.8 Å². The normalized spacial score (nSPS) is 10.6. The Morgan fingerprint density at radius 1 is 1.44 bits per heavy atom. The summed E-state index contributed by atoms with van der Waals surface area (Å²) in [7, 11) is 1.76. The lowest BCUT2D eigenvalue weighted by Gasteiger charge is -2.01. The maximum atomic E-state index is 13.6. The van der Waals surface area contributed by atoms with Gasteiger partial charge in [0.15, 0.2) is 0 Å². The molecule has 1 aromatic heterocycles. The highest BCUT2D eigenvalue weighted by atomic mass is 19.1. The molecule has 1 N–H and O–H groups in total. The summed E-state index contributed by atoms with van der Waals surface area (Å²) in [6.07, 6.45) is 2.09. The molecule has 0 bridgehead atoms. The summed E-state index contributed by atoms with van der Waals surface area (Å²) in [6.45, 7) is 0. The van der Waals surface area contributed by atoms with E-state index in [4.69, 9.17) is 5.11 Å². The molecule has 0 aliphatic carbocycles. The van der Waals surface area contributed by atoms with Crippen LogP contribution in [0.4, 0.5) is 4.39 Å². The molecule has 94 valence electrons. The van der Waals surface area contributed by atoms with E-state index in [2.05, 4.69) is 4.98 Å². The second-order valence-electron chi connectivity index (χ2n) is 4.04. The Hall–Kier alpha value is -2.17. The lowest BCUT2D eigenvalue weighted by Crippen LogP contribution is -1.97. The van der Waals surface area contributed by atoms with Crippen LogP contribution < -0.4 is 0 Å². The third-order valence-electron chi connectivity index (χ3n) is 2.64. The highest BCUT2D eigenvalue weighted by molar-refractivity contribution is 5.67. The predicted molar refractivity (Wildman–Crippen MR) is 64.6 cm³/mol. The average molecular weight is 248 g/mol. The number of carboxylic acids is 1. The minimum atomic E-state index is -0.868. The van der Waals surface area contributed by atoms with Crippen LogP contribution in [0, 0.1) is 5.82 Å². The first-order chi connectivity index (χ1) is 8.58. The highest BCUT2D eigenvalue weighted by Gasteiger charge is 2.12. The van der Waals surface area contributed by atoms with Gasteiger partial charge in [0.25, 0.3) is 0 Å². The number of aromatic nitrogens is 2. The predicted octanol–water partition coefficient (Wildman–Crippen LogP) is 2.24. The third kappa shape index (κ3) is 2.56. The van der Waals surface area contributed by atoms with E-state index < -0.39 is 5.97 Å². The van der Waals surface area contributed by atoms with E-state index in [1.54, 1.807) is 36.0 Å². The summed E-state index contributed by atoms with van der Waals surface area (Å²) in [4.78, 5) is 14.8. The molecule has 0 fully saturated rings. The number of hydrogen-bond donors (Lipinski definition) is 1. The topological polar surface area (TPSA) is 55.1 Å². The zero-order chi connectivity index (χ0) is 13.1. The van der Waals surface area contributed by atoms with E-state index >= 15 is 0 Å². The number of hydrogen-bond acceptors (Lipinski definition) is 2. The molecular weight excluding hydrogens is 235 g/mol. The Kier molecular flexibility index (Phi) is 3.41. The summed E-state index contributed by atoms with van der Waals surface area (Å²) in [5.41, 5.74) is 1.07. The van der Waals surface area contributed by atoms with Gasteiger partial charge in [0.05, 0.1) is 17.7 Å². The Labute approximate surface area is 104 Å². The molecule has 0 amide bonds. The molecule has 0 atom stereocenters. The van der Waals surface area contributed by atoms with Crippen LogP contribution >= 0.6 is 0 Å². The summed E-state index contributed by atoms with van der Waals surface area (Å²) in [5, 5.41) is 8.62. The number of carbonyl (C=O) groups is 1. The molecule has 1 aromatic carbocycles. The number of imidazole rings is 1. The van der Waals surface area contributed by atoms with Crippen LogP contribution in [0.1, 0.15) is 12.1 Å². The molecule has 2 aromatic rings. The number of aryl methyl sites for hydroxylation is 2. The second-order valence-corrected chi connectivity index (χ2v) is 4.04. The van der Waals surface area contributed by atoms with E-state index in [-0.39, 0.29) is 12.2 Å². The Bertz CT molecular complexity index is 578. The first-order valence-electron chi connectivity index (χ1n) is 5.57. The van der Waals surface area contributed by atoms with Gasteiger partial charge in [0, 0.05) is 19.7 Å². The van der Waals surface area contributed by atoms with Crippen molar-refractivity contribution in [1.29, 1.82) is 0 Å². The molecule has 18 heavy (non-hydrogen) atoms. The van der Waals surface area contributed by atoms with Gasteiger partial charge in [-0.15, -0.1) is 0 Å². The zero-order valence-electron chi connectivity index (χ0n) is 9.93. The number of carboxylic acid groups (broad SMARTS) is 1. The molecule has 1 heterocycles. The summed E-state index contributed by atoms with van der Waals surface area (Å²) >= 11 is 0. The van der Waals surface area contributed by atoms with Crippen molar-refractivity contribution in [2.24, 2.45) is 7.05 Å². The highest BCUT2D eigenvalue weighted by Crippen LogP contribution is 2.21. The fourth-order valence-electron chi connectivity index (χ4n) is 1.78. The average Bonchev–Trinajstić information content (AvgIpc) is 2.69. The maximum absolute atomic E-state index is 13.6. The number of halogens is 1. The molecule has 0 aliphatic rings. The van der Waals surface area contributed by atoms with Crippen LogP contribution in [0.5, 0.6) is 0 Å². The van der Waals surface area contributed by atoms with Crippen LogP contribution in [0.2, 0.25) is 0 Å². The molecule has 0 saturated carbocycles. The van der Waals surface area contributed by atoms with Crippen molar-refractivity contribution in [1.82, 2.24) is 9.55 Å². The quantitative estimate of drug-likeness (QED) is 0.902. The van der Waals surface area contributed by atoms with Crippen molar-refractivity contribution >= 4 is 5.97 Å². The standard InChI is InChI=1S/C13H13FN2O2/c1-16-8-9(6-7-12(17)18)15-13(16)10-4-2-3-5-11(10)14/h2-5,8H,6-7H2,1H3,(H,17,18). The van der Waals surface area contributed by atoms with Crippen molar-refractivity contribution < 1.29 is 14.3 Å². The first kappa shape index (κ1) is 12.3. The van der Waals surface area contributed by atoms with Gasteiger partial charge in [-0.2, -0.15) is 0 Å². The van der Waals surface area contributed by atoms with Crippen LogP contribution in [-0.2, 0) is 18.3 Å². The van der Waals surface area contributed by atoms with Gasteiger partial charge in [-0.25, -0.2) is 9.37 Å². The Balaban J connectivity index is 2.30.